The molecule has 2 aromatic rings. The van der Waals surface area contributed by atoms with Gasteiger partial charge in [0.25, 0.3) is 10.0 Å². The minimum atomic E-state index is -3.91. The van der Waals surface area contributed by atoms with E-state index in [2.05, 4.69) is 4.72 Å². The van der Waals surface area contributed by atoms with Crippen molar-refractivity contribution in [1.82, 2.24) is 0 Å². The van der Waals surface area contributed by atoms with Crippen LogP contribution in [-0.4, -0.2) is 8.42 Å². The Hall–Kier alpha value is -1.95. The number of aryl methyl sites for hydroxylation is 3. The highest BCUT2D eigenvalue weighted by atomic mass is 32.2. The van der Waals surface area contributed by atoms with Gasteiger partial charge in [-0.1, -0.05) is 17.7 Å². The molecule has 1 N–H and O–H groups in total. The zero-order valence-electron chi connectivity index (χ0n) is 11.9. The molecule has 3 nitrogen and oxygen atoms in total. The molecule has 21 heavy (non-hydrogen) atoms. The molecule has 0 saturated heterocycles. The highest BCUT2D eigenvalue weighted by Crippen LogP contribution is 2.25. The lowest BCUT2D eigenvalue weighted by atomic mass is 10.1. The minimum absolute atomic E-state index is 0.123. The Labute approximate surface area is 122 Å². The van der Waals surface area contributed by atoms with Crippen LogP contribution in [0.4, 0.5) is 14.5 Å². The second kappa shape index (κ2) is 5.44. The molecule has 6 heteroatoms. The van der Waals surface area contributed by atoms with Crippen molar-refractivity contribution in [2.75, 3.05) is 4.72 Å². The summed E-state index contributed by atoms with van der Waals surface area (Å²) in [6, 6.07) is 6.03. The third-order valence-electron chi connectivity index (χ3n) is 2.99. The number of nitrogens with one attached hydrogen (secondary N) is 1. The first-order chi connectivity index (χ1) is 9.69. The number of anilines is 1. The van der Waals surface area contributed by atoms with Crippen LogP contribution in [0.15, 0.2) is 35.2 Å². The maximum Gasteiger partial charge on any atom is 0.262 e. The summed E-state index contributed by atoms with van der Waals surface area (Å²) in [6.45, 7) is 5.23. The molecule has 0 aromatic heterocycles. The average molecular weight is 311 g/mol. The van der Waals surface area contributed by atoms with Crippen LogP contribution in [0, 0.1) is 32.4 Å². The molecule has 0 radical (unpaired) electrons. The first-order valence-electron chi connectivity index (χ1n) is 6.26. The van der Waals surface area contributed by atoms with Gasteiger partial charge in [-0.2, -0.15) is 0 Å². The Bertz CT molecular complexity index is 758. The van der Waals surface area contributed by atoms with E-state index in [9.17, 15) is 17.2 Å². The van der Waals surface area contributed by atoms with Crippen LogP contribution < -0.4 is 4.72 Å². The average Bonchev–Trinajstić information content (AvgIpc) is 2.23. The normalized spacial score (nSPS) is 11.5. The molecule has 0 spiro atoms. The molecular weight excluding hydrogens is 296 g/mol. The van der Waals surface area contributed by atoms with Crippen molar-refractivity contribution < 1.29 is 17.2 Å². The third-order valence-corrected chi connectivity index (χ3v) is 4.67. The second-order valence-electron chi connectivity index (χ2n) is 4.99. The Kier molecular flexibility index (Phi) is 4.00. The molecule has 0 saturated carbocycles. The van der Waals surface area contributed by atoms with Crippen LogP contribution >= 0.6 is 0 Å². The highest BCUT2D eigenvalue weighted by Gasteiger charge is 2.20. The quantitative estimate of drug-likeness (QED) is 0.939. The number of rotatable bonds is 3. The zero-order chi connectivity index (χ0) is 15.8. The van der Waals surface area contributed by atoms with Crippen LogP contribution in [0.2, 0.25) is 0 Å². The first-order valence-corrected chi connectivity index (χ1v) is 7.74. The lowest BCUT2D eigenvalue weighted by Gasteiger charge is -2.14. The van der Waals surface area contributed by atoms with Crippen LogP contribution in [0.1, 0.15) is 16.7 Å². The minimum Gasteiger partial charge on any atom is -0.279 e. The molecule has 0 atom stereocenters. The molecule has 0 heterocycles. The van der Waals surface area contributed by atoms with Crippen LogP contribution in [0.3, 0.4) is 0 Å². The van der Waals surface area contributed by atoms with Crippen LogP contribution in [0.5, 0.6) is 0 Å². The fraction of sp³-hybridized carbons (Fsp3) is 0.200. The molecule has 0 bridgehead atoms. The Morgan fingerprint density at radius 1 is 0.857 bits per heavy atom. The van der Waals surface area contributed by atoms with E-state index in [1.807, 2.05) is 6.92 Å². The largest absolute Gasteiger partial charge is 0.279 e. The van der Waals surface area contributed by atoms with Gasteiger partial charge in [0.2, 0.25) is 0 Å². The zero-order valence-corrected chi connectivity index (χ0v) is 12.7. The summed E-state index contributed by atoms with van der Waals surface area (Å²) in [5.74, 6) is -1.69. The molecular formula is C15H15F2NO2S. The van der Waals surface area contributed by atoms with Crippen molar-refractivity contribution in [2.45, 2.75) is 25.7 Å². The van der Waals surface area contributed by atoms with Gasteiger partial charge in [-0.25, -0.2) is 17.2 Å². The van der Waals surface area contributed by atoms with Crippen molar-refractivity contribution in [3.8, 4) is 0 Å². The number of hydrogen-bond acceptors (Lipinski definition) is 2. The number of benzene rings is 2. The van der Waals surface area contributed by atoms with Crippen molar-refractivity contribution in [3.63, 3.8) is 0 Å². The Morgan fingerprint density at radius 2 is 1.33 bits per heavy atom. The maximum atomic E-state index is 13.1. The monoisotopic (exact) mass is 311 g/mol. The van der Waals surface area contributed by atoms with Gasteiger partial charge in [-0.15, -0.1) is 0 Å². The van der Waals surface area contributed by atoms with Crippen molar-refractivity contribution >= 4 is 15.7 Å². The van der Waals surface area contributed by atoms with E-state index in [0.29, 0.717) is 17.2 Å². The SMILES string of the molecule is Cc1cc(C)c(S(=O)(=O)Nc2cc(F)cc(F)c2)c(C)c1. The third kappa shape index (κ3) is 3.39. The van der Waals surface area contributed by atoms with E-state index in [4.69, 9.17) is 0 Å². The van der Waals surface area contributed by atoms with Gasteiger partial charge in [0, 0.05) is 6.07 Å². The molecule has 0 aliphatic heterocycles. The van der Waals surface area contributed by atoms with Crippen molar-refractivity contribution in [3.05, 3.63) is 58.7 Å². The number of hydrogen-bond donors (Lipinski definition) is 1. The molecule has 0 aliphatic rings. The molecule has 0 fully saturated rings. The van der Waals surface area contributed by atoms with Crippen molar-refractivity contribution in [2.24, 2.45) is 0 Å². The molecule has 112 valence electrons. The van der Waals surface area contributed by atoms with E-state index in [1.54, 1.807) is 26.0 Å². The van der Waals surface area contributed by atoms with Gasteiger partial charge >= 0.3 is 0 Å². The summed E-state index contributed by atoms with van der Waals surface area (Å²) < 4.78 is 53.3. The predicted octanol–water partition coefficient (Wildman–Crippen LogP) is 3.69. The maximum absolute atomic E-state index is 13.1. The Morgan fingerprint density at radius 3 is 1.81 bits per heavy atom. The molecule has 0 unspecified atom stereocenters. The van der Waals surface area contributed by atoms with Gasteiger partial charge in [-0.3, -0.25) is 4.72 Å². The van der Waals surface area contributed by atoms with Crippen LogP contribution in [-0.2, 0) is 10.0 Å². The van der Waals surface area contributed by atoms with Gasteiger partial charge < -0.3 is 0 Å². The van der Waals surface area contributed by atoms with E-state index < -0.39 is 21.7 Å². The second-order valence-corrected chi connectivity index (χ2v) is 6.61. The van der Waals surface area contributed by atoms with E-state index in [0.717, 1.165) is 17.7 Å². The fourth-order valence-electron chi connectivity index (χ4n) is 2.41. The van der Waals surface area contributed by atoms with Gasteiger partial charge in [0.05, 0.1) is 10.6 Å². The standard InChI is InChI=1S/C15H15F2NO2S/c1-9-4-10(2)15(11(3)5-9)21(19,20)18-14-7-12(16)6-13(17)8-14/h4-8,18H,1-3H3. The molecule has 2 aromatic carbocycles. The number of sulfonamides is 1. The summed E-state index contributed by atoms with van der Waals surface area (Å²) in [6.07, 6.45) is 0. The van der Waals surface area contributed by atoms with E-state index >= 15 is 0 Å². The fourth-order valence-corrected chi connectivity index (χ4v) is 3.91. The highest BCUT2D eigenvalue weighted by molar-refractivity contribution is 7.92. The van der Waals surface area contributed by atoms with E-state index in [-0.39, 0.29) is 10.6 Å². The summed E-state index contributed by atoms with van der Waals surface area (Å²) in [5, 5.41) is 0. The molecule has 0 aliphatic carbocycles. The first kappa shape index (κ1) is 15.4. The van der Waals surface area contributed by atoms with Gasteiger partial charge in [0.1, 0.15) is 11.6 Å². The topological polar surface area (TPSA) is 46.2 Å². The predicted molar refractivity (Wildman–Crippen MR) is 77.8 cm³/mol. The summed E-state index contributed by atoms with van der Waals surface area (Å²) in [4.78, 5) is 0.123. The smallest absolute Gasteiger partial charge is 0.262 e. The summed E-state index contributed by atoms with van der Waals surface area (Å²) in [7, 11) is -3.91. The lowest BCUT2D eigenvalue weighted by molar-refractivity contribution is 0.584. The molecule has 2 rings (SSSR count). The van der Waals surface area contributed by atoms with Gasteiger partial charge in [0.15, 0.2) is 0 Å². The van der Waals surface area contributed by atoms with Crippen LogP contribution in [0.25, 0.3) is 0 Å². The molecule has 0 amide bonds. The summed E-state index contributed by atoms with van der Waals surface area (Å²) >= 11 is 0. The van der Waals surface area contributed by atoms with Crippen molar-refractivity contribution in [1.29, 1.82) is 0 Å². The number of halogens is 2. The summed E-state index contributed by atoms with van der Waals surface area (Å²) in [5.41, 5.74) is 1.96. The Balaban J connectivity index is 2.48. The van der Waals surface area contributed by atoms with Gasteiger partial charge in [-0.05, 0) is 44.0 Å². The van der Waals surface area contributed by atoms with E-state index in [1.165, 1.54) is 0 Å². The lowest BCUT2D eigenvalue weighted by Crippen LogP contribution is -2.16.